The summed E-state index contributed by atoms with van der Waals surface area (Å²) in [6.07, 6.45) is 0. The van der Waals surface area contributed by atoms with Crippen LogP contribution in [0.2, 0.25) is 0 Å². The van der Waals surface area contributed by atoms with E-state index < -0.39 is 0 Å². The number of hydrogen-bond acceptors (Lipinski definition) is 4. The minimum atomic E-state index is 0.0874. The quantitative estimate of drug-likeness (QED) is 0.791. The van der Waals surface area contributed by atoms with E-state index in [2.05, 4.69) is 22.0 Å². The number of hydrogen-bond donors (Lipinski definition) is 0. The second-order valence-electron chi connectivity index (χ2n) is 4.31. The number of aryl methyl sites for hydroxylation is 1. The van der Waals surface area contributed by atoms with E-state index in [4.69, 9.17) is 0 Å². The largest absolute Gasteiger partial charge is 0.347 e. The van der Waals surface area contributed by atoms with Gasteiger partial charge in [0.15, 0.2) is 10.9 Å². The number of aromatic nitrogens is 1. The van der Waals surface area contributed by atoms with Gasteiger partial charge in [-0.2, -0.15) is 0 Å². The van der Waals surface area contributed by atoms with Crippen LogP contribution in [0, 0.1) is 6.92 Å². The molecule has 0 atom stereocenters. The number of anilines is 1. The van der Waals surface area contributed by atoms with Crippen LogP contribution in [0.5, 0.6) is 0 Å². The fourth-order valence-corrected chi connectivity index (χ4v) is 2.72. The Morgan fingerprint density at radius 1 is 1.33 bits per heavy atom. The van der Waals surface area contributed by atoms with Gasteiger partial charge in [-0.15, -0.1) is 0 Å². The van der Waals surface area contributed by atoms with Gasteiger partial charge in [0.25, 0.3) is 0 Å². The summed E-state index contributed by atoms with van der Waals surface area (Å²) in [5.41, 5.74) is 2.06. The number of ketones is 1. The van der Waals surface area contributed by atoms with E-state index in [1.165, 1.54) is 16.9 Å². The Bertz CT molecular complexity index is 548. The third-order valence-corrected chi connectivity index (χ3v) is 4.07. The number of thiazole rings is 1. The molecular weight excluding hydrogens is 244 g/mol. The van der Waals surface area contributed by atoms with Crippen LogP contribution in [0.1, 0.15) is 27.9 Å². The Labute approximate surface area is 111 Å². The van der Waals surface area contributed by atoms with Crippen molar-refractivity contribution in [3.63, 3.8) is 0 Å². The molecule has 0 spiro atoms. The highest BCUT2D eigenvalue weighted by Gasteiger charge is 2.14. The van der Waals surface area contributed by atoms with E-state index in [0.29, 0.717) is 0 Å². The first-order valence-corrected chi connectivity index (χ1v) is 6.63. The van der Waals surface area contributed by atoms with Gasteiger partial charge in [0.1, 0.15) is 0 Å². The third kappa shape index (κ3) is 2.76. The average Bonchev–Trinajstić information content (AvgIpc) is 2.73. The summed E-state index contributed by atoms with van der Waals surface area (Å²) in [5, 5.41) is 0.890. The maximum absolute atomic E-state index is 11.4. The number of carbonyl (C=O) groups is 1. The Morgan fingerprint density at radius 2 is 2.00 bits per heavy atom. The minimum Gasteiger partial charge on any atom is -0.347 e. The van der Waals surface area contributed by atoms with Crippen molar-refractivity contribution in [2.24, 2.45) is 0 Å². The molecule has 1 heterocycles. The molecule has 18 heavy (non-hydrogen) atoms. The lowest BCUT2D eigenvalue weighted by atomic mass is 10.2. The molecule has 0 radical (unpaired) electrons. The van der Waals surface area contributed by atoms with E-state index >= 15 is 0 Å². The predicted octanol–water partition coefficient (Wildman–Crippen LogP) is 3.29. The fraction of sp³-hybridized carbons (Fsp3) is 0.286. The Hall–Kier alpha value is -1.68. The van der Waals surface area contributed by atoms with Crippen molar-refractivity contribution in [1.82, 2.24) is 4.98 Å². The molecule has 2 aromatic rings. The fourth-order valence-electron chi connectivity index (χ4n) is 1.80. The van der Waals surface area contributed by atoms with Crippen molar-refractivity contribution < 1.29 is 4.79 Å². The van der Waals surface area contributed by atoms with Gasteiger partial charge in [0.05, 0.1) is 10.6 Å². The van der Waals surface area contributed by atoms with Gasteiger partial charge in [0, 0.05) is 20.5 Å². The van der Waals surface area contributed by atoms with Crippen LogP contribution < -0.4 is 4.90 Å². The number of nitrogens with zero attached hydrogens (tertiary/aromatic N) is 2. The standard InChI is InChI=1S/C14H16N2OS/c1-10-13(11(2)17)18-14(15-10)16(3)9-12-7-5-4-6-8-12/h4-8H,9H2,1-3H3. The van der Waals surface area contributed by atoms with Crippen LogP contribution >= 0.6 is 11.3 Å². The third-order valence-electron chi connectivity index (χ3n) is 2.69. The summed E-state index contributed by atoms with van der Waals surface area (Å²) in [6.45, 7) is 4.26. The molecule has 0 aliphatic carbocycles. The van der Waals surface area contributed by atoms with Crippen molar-refractivity contribution in [3.05, 3.63) is 46.5 Å². The lowest BCUT2D eigenvalue weighted by Gasteiger charge is -2.15. The average molecular weight is 260 g/mol. The molecule has 3 nitrogen and oxygen atoms in total. The topological polar surface area (TPSA) is 33.2 Å². The normalized spacial score (nSPS) is 10.4. The first-order valence-electron chi connectivity index (χ1n) is 5.81. The van der Waals surface area contributed by atoms with Crippen molar-refractivity contribution >= 4 is 22.3 Å². The predicted molar refractivity (Wildman–Crippen MR) is 75.4 cm³/mol. The summed E-state index contributed by atoms with van der Waals surface area (Å²) in [7, 11) is 2.00. The molecule has 4 heteroatoms. The maximum atomic E-state index is 11.4. The minimum absolute atomic E-state index is 0.0874. The molecule has 0 aliphatic heterocycles. The molecule has 1 aromatic heterocycles. The molecule has 2 rings (SSSR count). The van der Waals surface area contributed by atoms with Gasteiger partial charge >= 0.3 is 0 Å². The molecule has 0 saturated carbocycles. The summed E-state index contributed by atoms with van der Waals surface area (Å²) in [5.74, 6) is 0.0874. The van der Waals surface area contributed by atoms with Crippen LogP contribution in [0.3, 0.4) is 0 Å². The zero-order valence-electron chi connectivity index (χ0n) is 10.8. The van der Waals surface area contributed by atoms with E-state index in [9.17, 15) is 4.79 Å². The van der Waals surface area contributed by atoms with E-state index in [1.54, 1.807) is 6.92 Å². The monoisotopic (exact) mass is 260 g/mol. The van der Waals surface area contributed by atoms with E-state index in [-0.39, 0.29) is 5.78 Å². The van der Waals surface area contributed by atoms with Crippen LogP contribution in [-0.2, 0) is 6.54 Å². The summed E-state index contributed by atoms with van der Waals surface area (Å²) in [4.78, 5) is 18.7. The number of rotatable bonds is 4. The van der Waals surface area contributed by atoms with Gasteiger partial charge in [-0.05, 0) is 12.5 Å². The van der Waals surface area contributed by atoms with Crippen molar-refractivity contribution in [2.45, 2.75) is 20.4 Å². The molecule has 0 amide bonds. The van der Waals surface area contributed by atoms with Gasteiger partial charge in [-0.3, -0.25) is 4.79 Å². The van der Waals surface area contributed by atoms with Gasteiger partial charge < -0.3 is 4.90 Å². The van der Waals surface area contributed by atoms with Crippen molar-refractivity contribution in [3.8, 4) is 0 Å². The van der Waals surface area contributed by atoms with E-state index in [0.717, 1.165) is 22.2 Å². The van der Waals surface area contributed by atoms with Crippen molar-refractivity contribution in [1.29, 1.82) is 0 Å². The summed E-state index contributed by atoms with van der Waals surface area (Å²) in [6, 6.07) is 10.2. The lowest BCUT2D eigenvalue weighted by Crippen LogP contribution is -2.15. The second kappa shape index (κ2) is 5.31. The van der Waals surface area contributed by atoms with Crippen molar-refractivity contribution in [2.75, 3.05) is 11.9 Å². The molecule has 0 saturated heterocycles. The van der Waals surface area contributed by atoms with Crippen LogP contribution in [0.25, 0.3) is 0 Å². The highest BCUT2D eigenvalue weighted by atomic mass is 32.1. The first kappa shape index (κ1) is 12.8. The molecule has 94 valence electrons. The van der Waals surface area contributed by atoms with Gasteiger partial charge in [0.2, 0.25) is 0 Å². The van der Waals surface area contributed by atoms with E-state index in [1.807, 2.05) is 32.2 Å². The van der Waals surface area contributed by atoms with Gasteiger partial charge in [-0.25, -0.2) is 4.98 Å². The highest BCUT2D eigenvalue weighted by Crippen LogP contribution is 2.26. The molecule has 1 aromatic carbocycles. The maximum Gasteiger partial charge on any atom is 0.186 e. The zero-order valence-corrected chi connectivity index (χ0v) is 11.6. The van der Waals surface area contributed by atoms with Crippen LogP contribution in [0.4, 0.5) is 5.13 Å². The summed E-state index contributed by atoms with van der Waals surface area (Å²) < 4.78 is 0. The molecule has 0 unspecified atom stereocenters. The number of carbonyl (C=O) groups excluding carboxylic acids is 1. The molecule has 0 N–H and O–H groups in total. The molecular formula is C14H16N2OS. The lowest BCUT2D eigenvalue weighted by molar-refractivity contribution is 0.102. The second-order valence-corrected chi connectivity index (χ2v) is 5.29. The Kier molecular flexibility index (Phi) is 3.77. The molecule has 0 bridgehead atoms. The zero-order chi connectivity index (χ0) is 13.1. The number of benzene rings is 1. The highest BCUT2D eigenvalue weighted by molar-refractivity contribution is 7.17. The first-order chi connectivity index (χ1) is 8.58. The van der Waals surface area contributed by atoms with Gasteiger partial charge in [-0.1, -0.05) is 41.7 Å². The molecule has 0 fully saturated rings. The molecule has 0 aliphatic rings. The smallest absolute Gasteiger partial charge is 0.186 e. The van der Waals surface area contributed by atoms with Crippen LogP contribution in [0.15, 0.2) is 30.3 Å². The van der Waals surface area contributed by atoms with Crippen LogP contribution in [-0.4, -0.2) is 17.8 Å². The Balaban J connectivity index is 2.17. The summed E-state index contributed by atoms with van der Waals surface area (Å²) >= 11 is 1.46. The SMILES string of the molecule is CC(=O)c1sc(N(C)Cc2ccccc2)nc1C. The Morgan fingerprint density at radius 3 is 2.56 bits per heavy atom. The number of Topliss-reactive ketones (excluding diaryl/α,β-unsaturated/α-hetero) is 1.